The number of benzene rings is 1. The van der Waals surface area contributed by atoms with Crippen molar-refractivity contribution in [3.63, 3.8) is 0 Å². The second-order valence-corrected chi connectivity index (χ2v) is 5.76. The molecule has 1 aromatic rings. The summed E-state index contributed by atoms with van der Waals surface area (Å²) in [7, 11) is 1.29. The summed E-state index contributed by atoms with van der Waals surface area (Å²) >= 11 is 0. The summed E-state index contributed by atoms with van der Waals surface area (Å²) < 4.78 is 0. The Hall–Kier alpha value is -5.82. The third kappa shape index (κ3) is 6.59. The van der Waals surface area contributed by atoms with Gasteiger partial charge >= 0.3 is 0 Å². The zero-order valence-corrected chi connectivity index (χ0v) is 17.6. The maximum Gasteiger partial charge on any atom is 0.177 e. The molecule has 0 saturated carbocycles. The van der Waals surface area contributed by atoms with Crippen molar-refractivity contribution in [1.82, 2.24) is 0 Å². The highest BCUT2D eigenvalue weighted by atomic mass is 14.9. The molecule has 0 unspecified atom stereocenters. The van der Waals surface area contributed by atoms with Crippen LogP contribution < -0.4 is 0 Å². The molecule has 12 heteroatoms. The van der Waals surface area contributed by atoms with Crippen LogP contribution in [0.25, 0.3) is 0 Å². The summed E-state index contributed by atoms with van der Waals surface area (Å²) in [4.78, 5) is 20.0. The molecule has 1 rings (SSSR count). The molecule has 156 valence electrons. The lowest BCUT2D eigenvalue weighted by atomic mass is 10.1. The Bertz CT molecular complexity index is 1410. The van der Waals surface area contributed by atoms with E-state index in [0.717, 1.165) is 0 Å². The van der Waals surface area contributed by atoms with Gasteiger partial charge in [0.1, 0.15) is 47.8 Å². The number of aliphatic imine (C=N–C) groups is 5. The normalized spacial score (nSPS) is 12.3. The summed E-state index contributed by atoms with van der Waals surface area (Å²) in [6, 6.07) is 12.8. The minimum atomic E-state index is -0.721. The second-order valence-electron chi connectivity index (χ2n) is 5.76. The van der Waals surface area contributed by atoms with Crippen LogP contribution in [0.1, 0.15) is 13.8 Å². The van der Waals surface area contributed by atoms with Gasteiger partial charge in [0.2, 0.25) is 0 Å². The lowest BCUT2D eigenvalue weighted by Crippen LogP contribution is -2.09. The molecule has 0 saturated heterocycles. The van der Waals surface area contributed by atoms with Crippen LogP contribution in [0.2, 0.25) is 0 Å². The third-order valence-electron chi connectivity index (χ3n) is 3.55. The van der Waals surface area contributed by atoms with Crippen molar-refractivity contribution in [2.75, 3.05) is 7.05 Å². The van der Waals surface area contributed by atoms with Crippen molar-refractivity contribution in [2.24, 2.45) is 25.0 Å². The minimum Gasteiger partial charge on any atom is -0.288 e. The largest absolute Gasteiger partial charge is 0.288 e. The average molecular weight is 432 g/mol. The molecule has 33 heavy (non-hydrogen) atoms. The van der Waals surface area contributed by atoms with Gasteiger partial charge in [-0.3, -0.25) is 10.4 Å². The van der Waals surface area contributed by atoms with Gasteiger partial charge in [0, 0.05) is 7.05 Å². The predicted molar refractivity (Wildman–Crippen MR) is 121 cm³/mol. The van der Waals surface area contributed by atoms with E-state index >= 15 is 0 Å². The quantitative estimate of drug-likeness (QED) is 0.662. The minimum absolute atomic E-state index is 0.0418. The van der Waals surface area contributed by atoms with Crippen LogP contribution in [0.15, 0.2) is 37.1 Å². The maximum absolute atomic E-state index is 9.42. The Morgan fingerprint density at radius 2 is 1.00 bits per heavy atom. The van der Waals surface area contributed by atoms with E-state index in [1.165, 1.54) is 39.1 Å². The Labute approximate surface area is 188 Å². The molecule has 1 N–H and O–H groups in total. The van der Waals surface area contributed by atoms with E-state index in [9.17, 15) is 15.8 Å². The smallest absolute Gasteiger partial charge is 0.177 e. The van der Waals surface area contributed by atoms with Crippen LogP contribution in [0.5, 0.6) is 0 Å². The maximum atomic E-state index is 9.42. The highest BCUT2D eigenvalue weighted by Gasteiger charge is 2.15. The molecule has 0 fully saturated rings. The zero-order valence-electron chi connectivity index (χ0n) is 17.6. The summed E-state index contributed by atoms with van der Waals surface area (Å²) in [5.41, 5.74) is -1.87. The number of hydrogen-bond donors (Lipinski definition) is 1. The van der Waals surface area contributed by atoms with E-state index in [0.29, 0.717) is 0 Å². The van der Waals surface area contributed by atoms with E-state index in [2.05, 4.69) is 25.0 Å². The summed E-state index contributed by atoms with van der Waals surface area (Å²) in [6.07, 6.45) is 0. The second kappa shape index (κ2) is 12.0. The van der Waals surface area contributed by atoms with E-state index in [4.69, 9.17) is 21.2 Å². The highest BCUT2D eigenvalue weighted by molar-refractivity contribution is 6.54. The Balaban J connectivity index is 4.20. The topological polar surface area (TPSA) is 228 Å². The molecule has 0 bridgehead atoms. The molecule has 0 aliphatic carbocycles. The van der Waals surface area contributed by atoms with Crippen molar-refractivity contribution in [3.8, 4) is 36.4 Å². The van der Waals surface area contributed by atoms with Crippen molar-refractivity contribution < 1.29 is 0 Å². The number of nitrogens with zero attached hydrogens (tertiary/aromatic N) is 11. The van der Waals surface area contributed by atoms with Crippen LogP contribution in [-0.2, 0) is 0 Å². The van der Waals surface area contributed by atoms with Crippen LogP contribution in [-0.4, -0.2) is 41.3 Å². The van der Waals surface area contributed by atoms with Gasteiger partial charge in [-0.1, -0.05) is 0 Å². The van der Waals surface area contributed by atoms with E-state index in [-0.39, 0.29) is 45.6 Å². The molecule has 0 spiro atoms. The first-order valence-corrected chi connectivity index (χ1v) is 8.71. The van der Waals surface area contributed by atoms with Gasteiger partial charge in [0.15, 0.2) is 22.8 Å². The first-order valence-electron chi connectivity index (χ1n) is 8.71. The van der Waals surface area contributed by atoms with Gasteiger partial charge in [0.25, 0.3) is 0 Å². The fourth-order valence-electron chi connectivity index (χ4n) is 2.09. The Kier molecular flexibility index (Phi) is 9.18. The third-order valence-corrected chi connectivity index (χ3v) is 3.55. The van der Waals surface area contributed by atoms with Gasteiger partial charge in [-0.05, 0) is 26.0 Å². The molecule has 1 aromatic carbocycles. The van der Waals surface area contributed by atoms with E-state index in [1.54, 1.807) is 18.2 Å². The molecule has 0 heterocycles. The van der Waals surface area contributed by atoms with Crippen LogP contribution in [0.4, 0.5) is 22.7 Å². The van der Waals surface area contributed by atoms with Crippen LogP contribution in [0, 0.1) is 73.4 Å². The number of hydrogen-bond acceptors (Lipinski definition) is 12. The standard InChI is InChI=1S/C21H12N12/c1-12(6-22)30-15-4-17(32-19(9-25)14(28)8-24)18(5-16(15)31-13(2)7-23)33-21(11-27)20(10-26)29-3/h4-5,28H,1-3H3. The fourth-order valence-corrected chi connectivity index (χ4v) is 2.09. The fraction of sp³-hybridized carbons (Fsp3) is 0.143. The summed E-state index contributed by atoms with van der Waals surface area (Å²) in [5, 5.41) is 62.6. The number of nitrogens with one attached hydrogen (secondary N) is 1. The summed E-state index contributed by atoms with van der Waals surface area (Å²) in [5.74, 6) is 0. The van der Waals surface area contributed by atoms with Gasteiger partial charge in [-0.2, -0.15) is 31.6 Å². The molecular weight excluding hydrogens is 420 g/mol. The molecule has 0 aliphatic heterocycles. The van der Waals surface area contributed by atoms with Crippen molar-refractivity contribution in [2.45, 2.75) is 13.8 Å². The lowest BCUT2D eigenvalue weighted by Gasteiger charge is -2.08. The first-order chi connectivity index (χ1) is 15.8. The van der Waals surface area contributed by atoms with Crippen molar-refractivity contribution in [3.05, 3.63) is 12.1 Å². The van der Waals surface area contributed by atoms with Crippen molar-refractivity contribution >= 4 is 57.0 Å². The molecule has 12 nitrogen and oxygen atoms in total. The van der Waals surface area contributed by atoms with Crippen LogP contribution in [0.3, 0.4) is 0 Å². The first kappa shape index (κ1) is 25.2. The molecule has 0 radical (unpaired) electrons. The Morgan fingerprint density at radius 3 is 1.33 bits per heavy atom. The molecular formula is C21H12N12. The van der Waals surface area contributed by atoms with Gasteiger partial charge in [-0.15, -0.1) is 0 Å². The lowest BCUT2D eigenvalue weighted by molar-refractivity contribution is 1.37. The SMILES string of the molecule is CN=C(C#N)C(C#N)=Nc1cc(N=C(C)C#N)c(N=C(C)C#N)cc1N=C(C#N)C(=N)C#N. The van der Waals surface area contributed by atoms with E-state index in [1.807, 2.05) is 12.1 Å². The molecule has 0 atom stereocenters. The van der Waals surface area contributed by atoms with E-state index < -0.39 is 11.4 Å². The molecule has 0 aliphatic rings. The average Bonchev–Trinajstić information content (AvgIpc) is 2.83. The van der Waals surface area contributed by atoms with Crippen molar-refractivity contribution in [1.29, 1.82) is 37.0 Å². The number of nitriles is 6. The van der Waals surface area contributed by atoms with Crippen LogP contribution >= 0.6 is 0 Å². The Morgan fingerprint density at radius 1 is 0.606 bits per heavy atom. The summed E-state index contributed by atoms with van der Waals surface area (Å²) in [6.45, 7) is 2.86. The monoisotopic (exact) mass is 432 g/mol. The van der Waals surface area contributed by atoms with Gasteiger partial charge < -0.3 is 0 Å². The van der Waals surface area contributed by atoms with Gasteiger partial charge in [0.05, 0.1) is 22.7 Å². The molecule has 0 amide bonds. The predicted octanol–water partition coefficient (Wildman–Crippen LogP) is 3.25. The number of rotatable bonds is 6. The zero-order chi connectivity index (χ0) is 25.0. The highest BCUT2D eigenvalue weighted by Crippen LogP contribution is 2.40. The van der Waals surface area contributed by atoms with Gasteiger partial charge in [-0.25, -0.2) is 20.0 Å². The molecule has 0 aromatic heterocycles.